The molecule has 1 aromatic carbocycles. The first-order valence-electron chi connectivity index (χ1n) is 10.7. The number of benzene rings is 1. The minimum absolute atomic E-state index is 0.141. The summed E-state index contributed by atoms with van der Waals surface area (Å²) in [5.41, 5.74) is 8.73. The van der Waals surface area contributed by atoms with Gasteiger partial charge in [0.2, 0.25) is 5.91 Å². The van der Waals surface area contributed by atoms with Crippen molar-refractivity contribution in [2.75, 3.05) is 26.3 Å². The molecule has 3 heterocycles. The molecule has 0 bridgehead atoms. The number of nitrogens with zero attached hydrogens (tertiary/aromatic N) is 3. The van der Waals surface area contributed by atoms with Crippen LogP contribution in [0.15, 0.2) is 29.6 Å². The highest BCUT2D eigenvalue weighted by molar-refractivity contribution is 7.10. The Labute approximate surface area is 181 Å². The van der Waals surface area contributed by atoms with Crippen LogP contribution < -0.4 is 0 Å². The quantitative estimate of drug-likeness (QED) is 0.637. The molecule has 5 rings (SSSR count). The molecule has 2 aliphatic rings. The summed E-state index contributed by atoms with van der Waals surface area (Å²) in [6.07, 6.45) is 4.02. The Morgan fingerprint density at radius 2 is 1.93 bits per heavy atom. The highest BCUT2D eigenvalue weighted by Crippen LogP contribution is 2.32. The molecule has 1 aliphatic heterocycles. The average Bonchev–Trinajstić information content (AvgIpc) is 3.47. The normalized spacial score (nSPS) is 16.1. The number of fused-ring (bicyclic) bond motifs is 1. The van der Waals surface area contributed by atoms with Gasteiger partial charge in [-0.15, -0.1) is 11.3 Å². The van der Waals surface area contributed by atoms with Gasteiger partial charge in [0.15, 0.2) is 0 Å². The number of amides is 1. The maximum atomic E-state index is 12.5. The Bertz CT molecular complexity index is 1090. The van der Waals surface area contributed by atoms with Crippen molar-refractivity contribution < 1.29 is 9.53 Å². The first-order valence-corrected chi connectivity index (χ1v) is 11.6. The smallest absolute Gasteiger partial charge is 0.229 e. The lowest BCUT2D eigenvalue weighted by Crippen LogP contribution is -2.41. The Kier molecular flexibility index (Phi) is 5.21. The molecule has 0 saturated carbocycles. The Morgan fingerprint density at radius 3 is 2.77 bits per heavy atom. The number of ether oxygens (including phenoxy) is 1. The zero-order valence-electron chi connectivity index (χ0n) is 17.6. The summed E-state index contributed by atoms with van der Waals surface area (Å²) in [6.45, 7) is 6.93. The van der Waals surface area contributed by atoms with Crippen molar-refractivity contribution >= 4 is 17.2 Å². The lowest BCUT2D eigenvalue weighted by atomic mass is 10.1. The summed E-state index contributed by atoms with van der Waals surface area (Å²) in [7, 11) is 0. The minimum atomic E-state index is 0.141. The molecule has 0 unspecified atom stereocenters. The van der Waals surface area contributed by atoms with Gasteiger partial charge >= 0.3 is 0 Å². The molecule has 0 N–H and O–H groups in total. The maximum absolute atomic E-state index is 12.5. The van der Waals surface area contributed by atoms with Gasteiger partial charge in [-0.2, -0.15) is 0 Å². The highest BCUT2D eigenvalue weighted by Gasteiger charge is 2.20. The molecule has 1 aliphatic carbocycles. The fourth-order valence-electron chi connectivity index (χ4n) is 4.69. The van der Waals surface area contributed by atoms with Crippen LogP contribution in [0.4, 0.5) is 0 Å². The van der Waals surface area contributed by atoms with Gasteiger partial charge < -0.3 is 14.2 Å². The first-order chi connectivity index (χ1) is 14.6. The van der Waals surface area contributed by atoms with E-state index in [1.54, 1.807) is 11.3 Å². The molecule has 1 amide bonds. The molecule has 2 aromatic heterocycles. The standard InChI is InChI=1S/C24H27N3O2S/c1-16-12-21(17(2)27(16)20-7-6-18-4-3-5-19(18)13-20)22-15-30-23(25-22)14-24(28)26-8-10-29-11-9-26/h6-7,12-13,15H,3-5,8-11,14H2,1-2H3. The zero-order chi connectivity index (χ0) is 20.7. The maximum Gasteiger partial charge on any atom is 0.229 e. The first kappa shape index (κ1) is 19.5. The van der Waals surface area contributed by atoms with Crippen molar-refractivity contribution in [2.45, 2.75) is 39.5 Å². The van der Waals surface area contributed by atoms with Crippen LogP contribution in [-0.2, 0) is 28.8 Å². The van der Waals surface area contributed by atoms with E-state index in [1.165, 1.54) is 47.5 Å². The summed E-state index contributed by atoms with van der Waals surface area (Å²) in [6, 6.07) is 9.08. The van der Waals surface area contributed by atoms with E-state index in [0.717, 1.165) is 16.3 Å². The number of aromatic nitrogens is 2. The number of carbonyl (C=O) groups is 1. The van der Waals surface area contributed by atoms with Crippen LogP contribution in [0.5, 0.6) is 0 Å². The molecular weight excluding hydrogens is 394 g/mol. The van der Waals surface area contributed by atoms with Crippen LogP contribution in [0.25, 0.3) is 16.9 Å². The summed E-state index contributed by atoms with van der Waals surface area (Å²) in [5.74, 6) is 0.141. The van der Waals surface area contributed by atoms with Crippen LogP contribution in [0.1, 0.15) is 33.9 Å². The molecule has 0 radical (unpaired) electrons. The third-order valence-corrected chi connectivity index (χ3v) is 7.11. The lowest BCUT2D eigenvalue weighted by Gasteiger charge is -2.26. The van der Waals surface area contributed by atoms with Crippen LogP contribution in [0.2, 0.25) is 0 Å². The lowest BCUT2D eigenvalue weighted by molar-refractivity contribution is -0.134. The van der Waals surface area contributed by atoms with E-state index in [2.05, 4.69) is 48.1 Å². The molecule has 3 aromatic rings. The van der Waals surface area contributed by atoms with Gasteiger partial charge in [0.1, 0.15) is 5.01 Å². The Morgan fingerprint density at radius 1 is 1.13 bits per heavy atom. The zero-order valence-corrected chi connectivity index (χ0v) is 18.4. The molecule has 6 heteroatoms. The predicted octanol–water partition coefficient (Wildman–Crippen LogP) is 4.11. The average molecular weight is 422 g/mol. The van der Waals surface area contributed by atoms with Gasteiger partial charge in [0.05, 0.1) is 25.3 Å². The number of hydrogen-bond donors (Lipinski definition) is 0. The third-order valence-electron chi connectivity index (χ3n) is 6.27. The molecule has 5 nitrogen and oxygen atoms in total. The third kappa shape index (κ3) is 3.59. The second-order valence-electron chi connectivity index (χ2n) is 8.22. The van der Waals surface area contributed by atoms with Gasteiger partial charge in [0, 0.05) is 41.1 Å². The van der Waals surface area contributed by atoms with Gasteiger partial charge in [-0.05, 0) is 62.4 Å². The van der Waals surface area contributed by atoms with Crippen LogP contribution >= 0.6 is 11.3 Å². The number of rotatable bonds is 4. The van der Waals surface area contributed by atoms with E-state index >= 15 is 0 Å². The van der Waals surface area contributed by atoms with Gasteiger partial charge in [-0.25, -0.2) is 4.98 Å². The van der Waals surface area contributed by atoms with Crippen molar-refractivity contribution in [1.29, 1.82) is 0 Å². The van der Waals surface area contributed by atoms with Gasteiger partial charge in [-0.1, -0.05) is 6.07 Å². The van der Waals surface area contributed by atoms with Crippen molar-refractivity contribution in [3.63, 3.8) is 0 Å². The molecule has 1 saturated heterocycles. The highest BCUT2D eigenvalue weighted by atomic mass is 32.1. The van der Waals surface area contributed by atoms with E-state index < -0.39 is 0 Å². The molecule has 0 atom stereocenters. The van der Waals surface area contributed by atoms with Crippen molar-refractivity contribution in [1.82, 2.24) is 14.5 Å². The molecular formula is C24H27N3O2S. The topological polar surface area (TPSA) is 47.4 Å². The SMILES string of the molecule is Cc1cc(-c2csc(CC(=O)N3CCOCC3)n2)c(C)n1-c1ccc2c(c1)CCC2. The number of morpholine rings is 1. The second kappa shape index (κ2) is 8.00. The van der Waals surface area contributed by atoms with Crippen molar-refractivity contribution in [3.8, 4) is 16.9 Å². The summed E-state index contributed by atoms with van der Waals surface area (Å²) in [5, 5.41) is 2.96. The fourth-order valence-corrected chi connectivity index (χ4v) is 5.47. The van der Waals surface area contributed by atoms with E-state index in [9.17, 15) is 4.79 Å². The van der Waals surface area contributed by atoms with Gasteiger partial charge in [-0.3, -0.25) is 4.79 Å². The summed E-state index contributed by atoms with van der Waals surface area (Å²) in [4.78, 5) is 19.2. The van der Waals surface area contributed by atoms with Crippen LogP contribution in [0.3, 0.4) is 0 Å². The van der Waals surface area contributed by atoms with E-state index in [4.69, 9.17) is 9.72 Å². The minimum Gasteiger partial charge on any atom is -0.378 e. The van der Waals surface area contributed by atoms with E-state index in [-0.39, 0.29) is 5.91 Å². The number of thiazole rings is 1. The second-order valence-corrected chi connectivity index (χ2v) is 9.17. The number of aryl methyl sites for hydroxylation is 3. The van der Waals surface area contributed by atoms with Crippen LogP contribution in [-0.4, -0.2) is 46.7 Å². The van der Waals surface area contributed by atoms with Gasteiger partial charge in [0.25, 0.3) is 0 Å². The van der Waals surface area contributed by atoms with Crippen molar-refractivity contribution in [3.05, 3.63) is 57.2 Å². The monoisotopic (exact) mass is 421 g/mol. The largest absolute Gasteiger partial charge is 0.378 e. The fraction of sp³-hybridized carbons (Fsp3) is 0.417. The van der Waals surface area contributed by atoms with Crippen LogP contribution in [0, 0.1) is 13.8 Å². The van der Waals surface area contributed by atoms with E-state index in [1.807, 2.05) is 4.90 Å². The number of carbonyl (C=O) groups excluding carboxylic acids is 1. The summed E-state index contributed by atoms with van der Waals surface area (Å²) >= 11 is 1.57. The molecule has 156 valence electrons. The molecule has 30 heavy (non-hydrogen) atoms. The Balaban J connectivity index is 1.39. The molecule has 0 spiro atoms. The number of hydrogen-bond acceptors (Lipinski definition) is 4. The van der Waals surface area contributed by atoms with E-state index in [0.29, 0.717) is 32.7 Å². The summed E-state index contributed by atoms with van der Waals surface area (Å²) < 4.78 is 7.67. The van der Waals surface area contributed by atoms with Crippen molar-refractivity contribution in [2.24, 2.45) is 0 Å². The Hall–Kier alpha value is -2.44. The predicted molar refractivity (Wildman–Crippen MR) is 119 cm³/mol. The molecule has 1 fully saturated rings.